The van der Waals surface area contributed by atoms with Crippen LogP contribution in [0.15, 0.2) is 47.4 Å². The number of thiophene rings is 1. The second-order valence-electron chi connectivity index (χ2n) is 7.93. The molecule has 1 fully saturated rings. The van der Waals surface area contributed by atoms with Crippen LogP contribution in [0.4, 0.5) is 11.5 Å². The van der Waals surface area contributed by atoms with Gasteiger partial charge in [-0.2, -0.15) is 11.3 Å². The highest BCUT2D eigenvalue weighted by Crippen LogP contribution is 2.28. The number of anilines is 2. The number of benzene rings is 1. The zero-order valence-corrected chi connectivity index (χ0v) is 18.8. The second-order valence-corrected chi connectivity index (χ2v) is 8.71. The van der Waals surface area contributed by atoms with Crippen LogP contribution in [0.3, 0.4) is 0 Å². The van der Waals surface area contributed by atoms with Gasteiger partial charge in [0.05, 0.1) is 5.69 Å². The van der Waals surface area contributed by atoms with Gasteiger partial charge < -0.3 is 15.1 Å². The molecule has 4 heterocycles. The van der Waals surface area contributed by atoms with Crippen LogP contribution in [-0.2, 0) is 0 Å². The molecule has 1 aliphatic rings. The van der Waals surface area contributed by atoms with Crippen molar-refractivity contribution in [3.05, 3.63) is 47.4 Å². The molecule has 0 amide bonds. The predicted molar refractivity (Wildman–Crippen MR) is 128 cm³/mol. The highest BCUT2D eigenvalue weighted by Gasteiger charge is 2.17. The molecule has 0 spiro atoms. The lowest BCUT2D eigenvalue weighted by Gasteiger charge is -2.34. The van der Waals surface area contributed by atoms with Gasteiger partial charge in [0.15, 0.2) is 22.8 Å². The Labute approximate surface area is 186 Å². The Bertz CT molecular complexity index is 1140. The van der Waals surface area contributed by atoms with E-state index in [4.69, 9.17) is 9.97 Å². The van der Waals surface area contributed by atoms with E-state index in [0.717, 1.165) is 67.4 Å². The molecule has 3 aromatic heterocycles. The maximum absolute atomic E-state index is 4.92. The first-order valence-corrected chi connectivity index (χ1v) is 11.7. The molecule has 1 saturated heterocycles. The number of piperazine rings is 1. The smallest absolute Gasteiger partial charge is 0.170 e. The minimum absolute atomic E-state index is 0.716. The fourth-order valence-electron chi connectivity index (χ4n) is 3.87. The van der Waals surface area contributed by atoms with Gasteiger partial charge in [0.1, 0.15) is 6.33 Å². The molecular formula is C23H27N7S. The van der Waals surface area contributed by atoms with E-state index in [0.29, 0.717) is 5.82 Å². The summed E-state index contributed by atoms with van der Waals surface area (Å²) >= 11 is 1.66. The van der Waals surface area contributed by atoms with Gasteiger partial charge in [0.25, 0.3) is 0 Å². The average Bonchev–Trinajstić information content (AvgIpc) is 3.48. The lowest BCUT2D eigenvalue weighted by molar-refractivity contribution is 0.313. The summed E-state index contributed by atoms with van der Waals surface area (Å²) in [5.74, 6) is 1.51. The van der Waals surface area contributed by atoms with Crippen LogP contribution in [0.2, 0.25) is 0 Å². The lowest BCUT2D eigenvalue weighted by Crippen LogP contribution is -2.44. The van der Waals surface area contributed by atoms with E-state index >= 15 is 0 Å². The Morgan fingerprint density at radius 2 is 1.81 bits per heavy atom. The van der Waals surface area contributed by atoms with Gasteiger partial charge in [0.2, 0.25) is 0 Å². The summed E-state index contributed by atoms with van der Waals surface area (Å²) in [5, 5.41) is 7.61. The molecule has 0 radical (unpaired) electrons. The fraction of sp³-hybridized carbons (Fsp3) is 0.348. The van der Waals surface area contributed by atoms with Crippen molar-refractivity contribution in [2.24, 2.45) is 0 Å². The summed E-state index contributed by atoms with van der Waals surface area (Å²) in [5.41, 5.74) is 4.97. The van der Waals surface area contributed by atoms with Gasteiger partial charge in [-0.25, -0.2) is 15.0 Å². The van der Waals surface area contributed by atoms with E-state index in [2.05, 4.69) is 75.2 Å². The molecule has 7 nitrogen and oxygen atoms in total. The van der Waals surface area contributed by atoms with Crippen LogP contribution in [0.1, 0.15) is 13.3 Å². The Balaban J connectivity index is 1.52. The summed E-state index contributed by atoms with van der Waals surface area (Å²) in [6.07, 6.45) is 2.85. The fourth-order valence-corrected chi connectivity index (χ4v) is 4.49. The number of hydrogen-bond acceptors (Lipinski definition) is 7. The van der Waals surface area contributed by atoms with Crippen molar-refractivity contribution in [2.45, 2.75) is 13.3 Å². The second kappa shape index (κ2) is 8.64. The molecule has 5 rings (SSSR count). The molecule has 0 saturated carbocycles. The molecule has 0 unspecified atom stereocenters. The molecule has 4 aromatic rings. The van der Waals surface area contributed by atoms with Crippen molar-refractivity contribution in [2.75, 3.05) is 50.0 Å². The van der Waals surface area contributed by atoms with Crippen LogP contribution < -0.4 is 10.2 Å². The number of fused-ring (bicyclic) bond motifs is 1. The Morgan fingerprint density at radius 1 is 1.00 bits per heavy atom. The van der Waals surface area contributed by atoms with Gasteiger partial charge in [-0.15, -0.1) is 0 Å². The zero-order chi connectivity index (χ0) is 21.2. The van der Waals surface area contributed by atoms with E-state index < -0.39 is 0 Å². The predicted octanol–water partition coefficient (Wildman–Crippen LogP) is 4.12. The summed E-state index contributed by atoms with van der Waals surface area (Å²) in [6, 6.07) is 10.7. The van der Waals surface area contributed by atoms with Crippen LogP contribution in [-0.4, -0.2) is 64.2 Å². The number of hydrogen-bond donors (Lipinski definition) is 1. The molecular weight excluding hydrogens is 406 g/mol. The maximum atomic E-state index is 4.92. The van der Waals surface area contributed by atoms with Crippen LogP contribution in [0, 0.1) is 0 Å². The third-order valence-corrected chi connectivity index (χ3v) is 6.39. The molecule has 8 heteroatoms. The van der Waals surface area contributed by atoms with Gasteiger partial charge in [-0.3, -0.25) is 4.57 Å². The largest absolute Gasteiger partial charge is 0.369 e. The maximum Gasteiger partial charge on any atom is 0.170 e. The number of aromatic nitrogens is 4. The lowest BCUT2D eigenvalue weighted by atomic mass is 10.1. The van der Waals surface area contributed by atoms with Gasteiger partial charge in [0, 0.05) is 49.4 Å². The average molecular weight is 434 g/mol. The van der Waals surface area contributed by atoms with Crippen molar-refractivity contribution in [3.63, 3.8) is 0 Å². The minimum atomic E-state index is 0.716. The molecule has 0 aliphatic carbocycles. The van der Waals surface area contributed by atoms with Crippen LogP contribution in [0.25, 0.3) is 28.2 Å². The highest BCUT2D eigenvalue weighted by atomic mass is 32.1. The van der Waals surface area contributed by atoms with Gasteiger partial charge in [-0.1, -0.05) is 6.92 Å². The quantitative estimate of drug-likeness (QED) is 0.494. The molecule has 1 aromatic carbocycles. The molecule has 1 N–H and O–H groups in total. The summed E-state index contributed by atoms with van der Waals surface area (Å²) < 4.78 is 2.03. The Hall–Kier alpha value is -2.97. The summed E-state index contributed by atoms with van der Waals surface area (Å²) in [7, 11) is 2.18. The SMILES string of the molecule is CCCNc1nc(-c2ccc(N3CCN(C)CC3)cc2)nc2c1ncn2-c1ccsc1. The minimum Gasteiger partial charge on any atom is -0.369 e. The number of likely N-dealkylation sites (N-methyl/N-ethyl adjacent to an activating group) is 1. The topological polar surface area (TPSA) is 62.1 Å². The van der Waals surface area contributed by atoms with E-state index in [1.807, 2.05) is 10.9 Å². The van der Waals surface area contributed by atoms with E-state index in [-0.39, 0.29) is 0 Å². The Kier molecular flexibility index (Phi) is 5.57. The highest BCUT2D eigenvalue weighted by molar-refractivity contribution is 7.08. The first kappa shape index (κ1) is 20.0. The third kappa shape index (κ3) is 4.00. The van der Waals surface area contributed by atoms with Crippen molar-refractivity contribution in [1.29, 1.82) is 0 Å². The summed E-state index contributed by atoms with van der Waals surface area (Å²) in [4.78, 5) is 19.2. The molecule has 0 atom stereocenters. The standard InChI is InChI=1S/C23H27N7S/c1-3-9-24-22-20-23(30(16-25-20)19-8-14-31-15-19)27-21(26-22)17-4-6-18(7-5-17)29-12-10-28(2)11-13-29/h4-8,14-16H,3,9-13H2,1-2H3,(H,24,26,27). The van der Waals surface area contributed by atoms with Crippen LogP contribution >= 0.6 is 11.3 Å². The van der Waals surface area contributed by atoms with Crippen molar-refractivity contribution >= 4 is 34.0 Å². The first-order valence-electron chi connectivity index (χ1n) is 10.8. The first-order chi connectivity index (χ1) is 15.2. The normalized spacial score (nSPS) is 15.0. The van der Waals surface area contributed by atoms with E-state index in [1.165, 1.54) is 5.69 Å². The van der Waals surface area contributed by atoms with Gasteiger partial charge >= 0.3 is 0 Å². The number of nitrogens with zero attached hydrogens (tertiary/aromatic N) is 6. The molecule has 31 heavy (non-hydrogen) atoms. The Morgan fingerprint density at radius 3 is 2.52 bits per heavy atom. The van der Waals surface area contributed by atoms with Crippen molar-refractivity contribution in [3.8, 4) is 17.1 Å². The van der Waals surface area contributed by atoms with Gasteiger partial charge in [-0.05, 0) is 49.2 Å². The molecule has 160 valence electrons. The van der Waals surface area contributed by atoms with Crippen molar-refractivity contribution in [1.82, 2.24) is 24.4 Å². The van der Waals surface area contributed by atoms with E-state index in [1.54, 1.807) is 11.3 Å². The number of nitrogens with one attached hydrogen (secondary N) is 1. The van der Waals surface area contributed by atoms with Crippen molar-refractivity contribution < 1.29 is 0 Å². The van der Waals surface area contributed by atoms with E-state index in [9.17, 15) is 0 Å². The van der Waals surface area contributed by atoms with Crippen LogP contribution in [0.5, 0.6) is 0 Å². The zero-order valence-electron chi connectivity index (χ0n) is 18.0. The summed E-state index contributed by atoms with van der Waals surface area (Å²) in [6.45, 7) is 7.31. The monoisotopic (exact) mass is 433 g/mol. The number of rotatable bonds is 6. The third-order valence-electron chi connectivity index (χ3n) is 5.72. The number of imidazole rings is 1. The molecule has 1 aliphatic heterocycles. The molecule has 0 bridgehead atoms.